The molecule has 0 saturated carbocycles. The molecule has 0 spiro atoms. The number of hydrazine groups is 1. The number of benzene rings is 1. The highest BCUT2D eigenvalue weighted by Crippen LogP contribution is 2.37. The van der Waals surface area contributed by atoms with Crippen molar-refractivity contribution in [3.63, 3.8) is 0 Å². The third-order valence-electron chi connectivity index (χ3n) is 3.47. The van der Waals surface area contributed by atoms with Crippen molar-refractivity contribution in [3.05, 3.63) is 28.3 Å². The molecule has 2 rings (SSSR count). The Morgan fingerprint density at radius 1 is 1.50 bits per heavy atom. The van der Waals surface area contributed by atoms with Crippen molar-refractivity contribution < 1.29 is 4.92 Å². The molecule has 0 aliphatic carbocycles. The number of rotatable bonds is 3. The second kappa shape index (κ2) is 5.22. The number of piperidine rings is 1. The predicted molar refractivity (Wildman–Crippen MR) is 71.6 cm³/mol. The van der Waals surface area contributed by atoms with Gasteiger partial charge in [0.25, 0.3) is 0 Å². The minimum absolute atomic E-state index is 0.0637. The number of hydrogen-bond donors (Lipinski definition) is 2. The zero-order valence-electron chi connectivity index (χ0n) is 10.4. The van der Waals surface area contributed by atoms with E-state index in [1.807, 2.05) is 0 Å². The lowest BCUT2D eigenvalue weighted by Crippen LogP contribution is -2.37. The van der Waals surface area contributed by atoms with Crippen molar-refractivity contribution in [2.24, 2.45) is 5.84 Å². The number of nitrogen functional groups attached to an aromatic ring is 1. The number of hydrogen-bond acceptors (Lipinski definition) is 5. The van der Waals surface area contributed by atoms with Crippen LogP contribution >= 0.6 is 0 Å². The maximum absolute atomic E-state index is 11.2. The van der Waals surface area contributed by atoms with E-state index in [1.54, 1.807) is 18.2 Å². The van der Waals surface area contributed by atoms with Crippen LogP contribution in [0.25, 0.3) is 0 Å². The summed E-state index contributed by atoms with van der Waals surface area (Å²) in [5.74, 6) is 5.35. The lowest BCUT2D eigenvalue weighted by atomic mass is 10.0. The molecule has 1 atom stereocenters. The second-order valence-electron chi connectivity index (χ2n) is 4.61. The fourth-order valence-electron chi connectivity index (χ4n) is 2.53. The van der Waals surface area contributed by atoms with Gasteiger partial charge in [0.05, 0.1) is 4.92 Å². The minimum Gasteiger partial charge on any atom is -0.363 e. The van der Waals surface area contributed by atoms with Gasteiger partial charge in [-0.3, -0.25) is 16.0 Å². The van der Waals surface area contributed by atoms with Crippen LogP contribution in [0.1, 0.15) is 26.2 Å². The highest BCUT2D eigenvalue weighted by molar-refractivity contribution is 5.77. The molecule has 0 aromatic heterocycles. The van der Waals surface area contributed by atoms with Crippen LogP contribution in [0.4, 0.5) is 17.1 Å². The third-order valence-corrected chi connectivity index (χ3v) is 3.47. The van der Waals surface area contributed by atoms with Gasteiger partial charge in [-0.05, 0) is 38.3 Å². The van der Waals surface area contributed by atoms with Crippen LogP contribution < -0.4 is 16.2 Å². The highest BCUT2D eigenvalue weighted by Gasteiger charge is 2.27. The molecule has 0 bridgehead atoms. The summed E-state index contributed by atoms with van der Waals surface area (Å²) in [5.41, 5.74) is 3.48. The van der Waals surface area contributed by atoms with E-state index in [-0.39, 0.29) is 10.6 Å². The van der Waals surface area contributed by atoms with Crippen molar-refractivity contribution in [2.75, 3.05) is 16.9 Å². The Labute approximate surface area is 106 Å². The van der Waals surface area contributed by atoms with E-state index in [4.69, 9.17) is 5.84 Å². The van der Waals surface area contributed by atoms with Gasteiger partial charge in [0.2, 0.25) is 0 Å². The Balaban J connectivity index is 2.45. The van der Waals surface area contributed by atoms with Crippen molar-refractivity contribution in [1.82, 2.24) is 0 Å². The van der Waals surface area contributed by atoms with Gasteiger partial charge in [-0.25, -0.2) is 0 Å². The quantitative estimate of drug-likeness (QED) is 0.488. The van der Waals surface area contributed by atoms with Gasteiger partial charge in [0, 0.05) is 12.6 Å². The predicted octanol–water partition coefficient (Wildman–Crippen LogP) is 2.26. The molecule has 0 radical (unpaired) electrons. The van der Waals surface area contributed by atoms with Crippen molar-refractivity contribution in [1.29, 1.82) is 0 Å². The fourth-order valence-corrected chi connectivity index (χ4v) is 2.53. The number of nitro benzene ring substituents is 1. The van der Waals surface area contributed by atoms with Crippen LogP contribution in [0.5, 0.6) is 0 Å². The Hall–Kier alpha value is -1.82. The lowest BCUT2D eigenvalue weighted by molar-refractivity contribution is -0.383. The van der Waals surface area contributed by atoms with Crippen LogP contribution in [0.15, 0.2) is 18.2 Å². The lowest BCUT2D eigenvalue weighted by Gasteiger charge is -2.35. The molecule has 0 amide bonds. The van der Waals surface area contributed by atoms with Gasteiger partial charge in [0.1, 0.15) is 11.4 Å². The van der Waals surface area contributed by atoms with Crippen LogP contribution in [-0.4, -0.2) is 17.5 Å². The van der Waals surface area contributed by atoms with Gasteiger partial charge in [0.15, 0.2) is 0 Å². The first-order valence-corrected chi connectivity index (χ1v) is 6.16. The van der Waals surface area contributed by atoms with Crippen LogP contribution in [0.3, 0.4) is 0 Å². The molecule has 6 heteroatoms. The van der Waals surface area contributed by atoms with E-state index in [0.29, 0.717) is 17.4 Å². The Morgan fingerprint density at radius 2 is 2.28 bits per heavy atom. The van der Waals surface area contributed by atoms with Gasteiger partial charge in [-0.2, -0.15) is 0 Å². The number of anilines is 2. The normalized spacial score (nSPS) is 19.7. The van der Waals surface area contributed by atoms with E-state index in [9.17, 15) is 10.1 Å². The van der Waals surface area contributed by atoms with E-state index < -0.39 is 0 Å². The Morgan fingerprint density at radius 3 is 2.89 bits per heavy atom. The first kappa shape index (κ1) is 12.6. The molecule has 3 N–H and O–H groups in total. The number of nitro groups is 1. The van der Waals surface area contributed by atoms with Crippen molar-refractivity contribution in [3.8, 4) is 0 Å². The van der Waals surface area contributed by atoms with Crippen molar-refractivity contribution in [2.45, 2.75) is 32.2 Å². The van der Waals surface area contributed by atoms with Gasteiger partial charge in [-0.15, -0.1) is 0 Å². The molecule has 6 nitrogen and oxygen atoms in total. The molecule has 1 unspecified atom stereocenters. The Bertz CT molecular complexity index is 450. The summed E-state index contributed by atoms with van der Waals surface area (Å²) < 4.78 is 0. The maximum atomic E-state index is 11.2. The van der Waals surface area contributed by atoms with E-state index >= 15 is 0 Å². The number of nitrogens with one attached hydrogen (secondary N) is 1. The van der Waals surface area contributed by atoms with Gasteiger partial charge >= 0.3 is 5.69 Å². The van der Waals surface area contributed by atoms with E-state index in [0.717, 1.165) is 19.4 Å². The second-order valence-corrected chi connectivity index (χ2v) is 4.61. The largest absolute Gasteiger partial charge is 0.363 e. The average Bonchev–Trinajstić information content (AvgIpc) is 2.38. The molecule has 1 fully saturated rings. The smallest absolute Gasteiger partial charge is 0.316 e. The molecule has 1 saturated heterocycles. The molecule has 1 heterocycles. The number of para-hydroxylation sites is 1. The maximum Gasteiger partial charge on any atom is 0.316 e. The zero-order chi connectivity index (χ0) is 13.1. The van der Waals surface area contributed by atoms with Gasteiger partial charge < -0.3 is 10.3 Å². The molecule has 1 aliphatic heterocycles. The third kappa shape index (κ3) is 2.24. The number of nitrogens with two attached hydrogens (primary N) is 1. The SMILES string of the molecule is CC1CCCCN1c1cccc(NN)c1[N+](=O)[O-]. The summed E-state index contributed by atoms with van der Waals surface area (Å²) in [6.45, 7) is 2.96. The highest BCUT2D eigenvalue weighted by atomic mass is 16.6. The summed E-state index contributed by atoms with van der Waals surface area (Å²) in [7, 11) is 0. The molecule has 1 aromatic rings. The average molecular weight is 250 g/mol. The molecular weight excluding hydrogens is 232 g/mol. The standard InChI is InChI=1S/C12H18N4O2/c1-9-5-2-3-8-15(9)11-7-4-6-10(14-13)12(11)16(17)18/h4,6-7,9,14H,2-3,5,8,13H2,1H3. The van der Waals surface area contributed by atoms with E-state index in [2.05, 4.69) is 17.2 Å². The molecule has 18 heavy (non-hydrogen) atoms. The summed E-state index contributed by atoms with van der Waals surface area (Å²) >= 11 is 0. The summed E-state index contributed by atoms with van der Waals surface area (Å²) in [4.78, 5) is 13.0. The van der Waals surface area contributed by atoms with E-state index in [1.165, 1.54) is 6.42 Å². The van der Waals surface area contributed by atoms with Crippen LogP contribution in [0, 0.1) is 10.1 Å². The van der Waals surface area contributed by atoms with Gasteiger partial charge in [-0.1, -0.05) is 6.07 Å². The topological polar surface area (TPSA) is 84.4 Å². The van der Waals surface area contributed by atoms with Crippen molar-refractivity contribution >= 4 is 17.1 Å². The zero-order valence-corrected chi connectivity index (χ0v) is 10.4. The molecular formula is C12H18N4O2. The van der Waals surface area contributed by atoms with Crippen LogP contribution in [-0.2, 0) is 0 Å². The first-order chi connectivity index (χ1) is 8.65. The van der Waals surface area contributed by atoms with Crippen LogP contribution in [0.2, 0.25) is 0 Å². The molecule has 1 aromatic carbocycles. The number of nitrogens with zero attached hydrogens (tertiary/aromatic N) is 2. The summed E-state index contributed by atoms with van der Waals surface area (Å²) in [5, 5.41) is 11.2. The molecule has 98 valence electrons. The first-order valence-electron chi connectivity index (χ1n) is 6.16. The summed E-state index contributed by atoms with van der Waals surface area (Å²) in [6, 6.07) is 5.53. The fraction of sp³-hybridized carbons (Fsp3) is 0.500. The Kier molecular flexibility index (Phi) is 3.66. The minimum atomic E-state index is -0.369. The summed E-state index contributed by atoms with van der Waals surface area (Å²) in [6.07, 6.45) is 3.32. The monoisotopic (exact) mass is 250 g/mol. The molecule has 1 aliphatic rings.